The van der Waals surface area contributed by atoms with Crippen LogP contribution in [0.5, 0.6) is 5.75 Å². The van der Waals surface area contributed by atoms with Crippen LogP contribution in [-0.4, -0.2) is 12.4 Å². The number of para-hydroxylation sites is 1. The number of ketones is 1. The van der Waals surface area contributed by atoms with Crippen LogP contribution in [-0.2, 0) is 6.42 Å². The largest absolute Gasteiger partial charge is 0.492 e. The number of ether oxygens (including phenoxy) is 1. The van der Waals surface area contributed by atoms with E-state index in [1.54, 1.807) is 0 Å². The fourth-order valence-corrected chi connectivity index (χ4v) is 3.84. The van der Waals surface area contributed by atoms with Gasteiger partial charge in [-0.15, -0.1) is 0 Å². The summed E-state index contributed by atoms with van der Waals surface area (Å²) in [4.78, 5) is 12.8. The Morgan fingerprint density at radius 1 is 1.24 bits per heavy atom. The molecule has 1 heterocycles. The van der Waals surface area contributed by atoms with Crippen molar-refractivity contribution in [2.75, 3.05) is 6.61 Å². The summed E-state index contributed by atoms with van der Waals surface area (Å²) in [7, 11) is 0. The van der Waals surface area contributed by atoms with E-state index in [0.717, 1.165) is 43.1 Å². The second kappa shape index (κ2) is 6.64. The molecule has 2 heteroatoms. The SMILES string of the molecule is CCCCC1CCC(C(=O)c2cccc3c2OCC3)CC1. The lowest BCUT2D eigenvalue weighted by molar-refractivity contribution is 0.0866. The second-order valence-corrected chi connectivity index (χ2v) is 6.62. The van der Waals surface area contributed by atoms with E-state index in [-0.39, 0.29) is 5.92 Å². The highest BCUT2D eigenvalue weighted by molar-refractivity contribution is 6.00. The molecule has 0 bridgehead atoms. The van der Waals surface area contributed by atoms with Crippen LogP contribution in [0.1, 0.15) is 67.8 Å². The van der Waals surface area contributed by atoms with Crippen LogP contribution >= 0.6 is 0 Å². The van der Waals surface area contributed by atoms with Crippen LogP contribution < -0.4 is 4.74 Å². The first-order chi connectivity index (χ1) is 10.3. The maximum Gasteiger partial charge on any atom is 0.169 e. The number of rotatable bonds is 5. The molecule has 1 aliphatic heterocycles. The molecule has 0 amide bonds. The Balaban J connectivity index is 1.64. The van der Waals surface area contributed by atoms with Gasteiger partial charge in [0.25, 0.3) is 0 Å². The topological polar surface area (TPSA) is 26.3 Å². The van der Waals surface area contributed by atoms with E-state index in [0.29, 0.717) is 5.78 Å². The van der Waals surface area contributed by atoms with Crippen molar-refractivity contribution in [1.29, 1.82) is 0 Å². The smallest absolute Gasteiger partial charge is 0.169 e. The van der Waals surface area contributed by atoms with E-state index < -0.39 is 0 Å². The zero-order valence-corrected chi connectivity index (χ0v) is 13.1. The van der Waals surface area contributed by atoms with Crippen molar-refractivity contribution in [1.82, 2.24) is 0 Å². The standard InChI is InChI=1S/C19H26O2/c1-2-3-5-14-8-10-15(11-9-14)18(20)17-7-4-6-16-12-13-21-19(16)17/h4,6-7,14-15H,2-3,5,8-13H2,1H3. The molecule has 0 atom stereocenters. The Morgan fingerprint density at radius 2 is 2.05 bits per heavy atom. The van der Waals surface area contributed by atoms with Gasteiger partial charge >= 0.3 is 0 Å². The number of fused-ring (bicyclic) bond motifs is 1. The predicted molar refractivity (Wildman–Crippen MR) is 84.9 cm³/mol. The van der Waals surface area contributed by atoms with E-state index in [9.17, 15) is 4.79 Å². The van der Waals surface area contributed by atoms with Gasteiger partial charge in [0.05, 0.1) is 12.2 Å². The number of unbranched alkanes of at least 4 members (excludes halogenated alkanes) is 1. The normalized spacial score (nSPS) is 24.4. The summed E-state index contributed by atoms with van der Waals surface area (Å²) in [6, 6.07) is 6.05. The number of benzene rings is 1. The molecule has 0 spiro atoms. The maximum absolute atomic E-state index is 12.8. The molecular weight excluding hydrogens is 260 g/mol. The number of carbonyl (C=O) groups is 1. The van der Waals surface area contributed by atoms with Gasteiger partial charge in [-0.1, -0.05) is 38.3 Å². The van der Waals surface area contributed by atoms with Crippen molar-refractivity contribution in [3.05, 3.63) is 29.3 Å². The lowest BCUT2D eigenvalue weighted by atomic mass is 9.77. The Kier molecular flexibility index (Phi) is 4.62. The van der Waals surface area contributed by atoms with E-state index in [1.165, 1.54) is 37.7 Å². The van der Waals surface area contributed by atoms with Gasteiger partial charge in [0, 0.05) is 12.3 Å². The van der Waals surface area contributed by atoms with Crippen molar-refractivity contribution in [2.45, 2.75) is 58.3 Å². The Morgan fingerprint density at radius 3 is 2.81 bits per heavy atom. The minimum absolute atomic E-state index is 0.221. The van der Waals surface area contributed by atoms with Gasteiger partial charge in [-0.2, -0.15) is 0 Å². The molecule has 0 saturated heterocycles. The van der Waals surface area contributed by atoms with Crippen molar-refractivity contribution >= 4 is 5.78 Å². The molecule has 1 saturated carbocycles. The van der Waals surface area contributed by atoms with Gasteiger partial charge in [0.1, 0.15) is 5.75 Å². The lowest BCUT2D eigenvalue weighted by Crippen LogP contribution is -2.22. The van der Waals surface area contributed by atoms with E-state index in [4.69, 9.17) is 4.74 Å². The third kappa shape index (κ3) is 3.14. The molecule has 21 heavy (non-hydrogen) atoms. The lowest BCUT2D eigenvalue weighted by Gasteiger charge is -2.28. The fraction of sp³-hybridized carbons (Fsp3) is 0.632. The highest BCUT2D eigenvalue weighted by atomic mass is 16.5. The number of Topliss-reactive ketones (excluding diaryl/α,β-unsaturated/α-hetero) is 1. The minimum Gasteiger partial charge on any atom is -0.492 e. The van der Waals surface area contributed by atoms with Crippen LogP contribution in [0.2, 0.25) is 0 Å². The van der Waals surface area contributed by atoms with E-state index >= 15 is 0 Å². The molecule has 114 valence electrons. The van der Waals surface area contributed by atoms with Crippen LogP contribution in [0.4, 0.5) is 0 Å². The summed E-state index contributed by atoms with van der Waals surface area (Å²) < 4.78 is 5.69. The van der Waals surface area contributed by atoms with Crippen LogP contribution in [0, 0.1) is 11.8 Å². The molecule has 2 aliphatic rings. The van der Waals surface area contributed by atoms with E-state index in [1.807, 2.05) is 12.1 Å². The first-order valence-corrected chi connectivity index (χ1v) is 8.58. The van der Waals surface area contributed by atoms with Gasteiger partial charge in [-0.05, 0) is 43.2 Å². The molecule has 2 nitrogen and oxygen atoms in total. The first kappa shape index (κ1) is 14.6. The molecule has 3 rings (SSSR count). The summed E-state index contributed by atoms with van der Waals surface area (Å²) in [6.07, 6.45) is 9.50. The quantitative estimate of drug-likeness (QED) is 0.727. The van der Waals surface area contributed by atoms with Crippen molar-refractivity contribution < 1.29 is 9.53 Å². The molecule has 0 unspecified atom stereocenters. The zero-order valence-electron chi connectivity index (χ0n) is 13.1. The van der Waals surface area contributed by atoms with Crippen LogP contribution in [0.3, 0.4) is 0 Å². The molecule has 1 aliphatic carbocycles. The molecular formula is C19H26O2. The number of hydrogen-bond donors (Lipinski definition) is 0. The molecule has 0 radical (unpaired) electrons. The summed E-state index contributed by atoms with van der Waals surface area (Å²) >= 11 is 0. The van der Waals surface area contributed by atoms with Crippen molar-refractivity contribution in [2.24, 2.45) is 11.8 Å². The third-order valence-electron chi connectivity index (χ3n) is 5.16. The number of carbonyl (C=O) groups excluding carboxylic acids is 1. The Hall–Kier alpha value is -1.31. The monoisotopic (exact) mass is 286 g/mol. The van der Waals surface area contributed by atoms with Gasteiger partial charge in [-0.3, -0.25) is 4.79 Å². The summed E-state index contributed by atoms with van der Waals surface area (Å²) in [5, 5.41) is 0. The molecule has 1 aromatic rings. The van der Waals surface area contributed by atoms with Gasteiger partial charge < -0.3 is 4.74 Å². The third-order valence-corrected chi connectivity index (χ3v) is 5.16. The molecule has 0 aromatic heterocycles. The van der Waals surface area contributed by atoms with Gasteiger partial charge in [0.2, 0.25) is 0 Å². The second-order valence-electron chi connectivity index (χ2n) is 6.62. The van der Waals surface area contributed by atoms with Crippen molar-refractivity contribution in [3.8, 4) is 5.75 Å². The van der Waals surface area contributed by atoms with Gasteiger partial charge in [0.15, 0.2) is 5.78 Å². The highest BCUT2D eigenvalue weighted by Gasteiger charge is 2.29. The Bertz CT molecular complexity index is 498. The summed E-state index contributed by atoms with van der Waals surface area (Å²) in [5.41, 5.74) is 2.04. The van der Waals surface area contributed by atoms with Crippen molar-refractivity contribution in [3.63, 3.8) is 0 Å². The summed E-state index contributed by atoms with van der Waals surface area (Å²) in [6.45, 7) is 2.98. The average Bonchev–Trinajstić information content (AvgIpc) is 3.01. The average molecular weight is 286 g/mol. The Labute approximate surface area is 127 Å². The highest BCUT2D eigenvalue weighted by Crippen LogP contribution is 2.37. The van der Waals surface area contributed by atoms with Crippen LogP contribution in [0.25, 0.3) is 0 Å². The summed E-state index contributed by atoms with van der Waals surface area (Å²) in [5.74, 6) is 2.27. The zero-order chi connectivity index (χ0) is 14.7. The first-order valence-electron chi connectivity index (χ1n) is 8.58. The minimum atomic E-state index is 0.221. The molecule has 1 aromatic carbocycles. The predicted octanol–water partition coefficient (Wildman–Crippen LogP) is 4.80. The van der Waals surface area contributed by atoms with Gasteiger partial charge in [-0.25, -0.2) is 0 Å². The maximum atomic E-state index is 12.8. The fourth-order valence-electron chi connectivity index (χ4n) is 3.84. The van der Waals surface area contributed by atoms with E-state index in [2.05, 4.69) is 13.0 Å². The number of hydrogen-bond acceptors (Lipinski definition) is 2. The molecule has 1 fully saturated rings. The van der Waals surface area contributed by atoms with Crippen LogP contribution in [0.15, 0.2) is 18.2 Å². The molecule has 0 N–H and O–H groups in total.